The van der Waals surface area contributed by atoms with Gasteiger partial charge in [0.2, 0.25) is 5.91 Å². The van der Waals surface area contributed by atoms with Crippen molar-refractivity contribution >= 4 is 15.7 Å². The molecule has 2 aromatic carbocycles. The Hall–Kier alpha value is -3.05. The zero-order valence-corrected chi connectivity index (χ0v) is 17.8. The largest absolute Gasteiger partial charge is 0.493 e. The molecule has 2 aromatic rings. The van der Waals surface area contributed by atoms with Crippen LogP contribution in [-0.4, -0.2) is 40.3 Å². The normalized spacial score (nSPS) is 10.8. The topological polar surface area (TPSA) is 105 Å². The highest BCUT2D eigenvalue weighted by atomic mass is 32.2. The molecule has 7 nitrogen and oxygen atoms in total. The fourth-order valence-corrected chi connectivity index (χ4v) is 4.21. The van der Waals surface area contributed by atoms with E-state index in [1.165, 1.54) is 7.11 Å². The first-order valence-electron chi connectivity index (χ1n) is 9.65. The predicted molar refractivity (Wildman–Crippen MR) is 114 cm³/mol. The Kier molecular flexibility index (Phi) is 9.16. The van der Waals surface area contributed by atoms with Gasteiger partial charge in [-0.1, -0.05) is 30.3 Å². The summed E-state index contributed by atoms with van der Waals surface area (Å²) in [6.45, 7) is 0.637. The van der Waals surface area contributed by atoms with Crippen LogP contribution in [0, 0.1) is 11.3 Å². The molecule has 0 bridgehead atoms. The summed E-state index contributed by atoms with van der Waals surface area (Å²) in [7, 11) is -1.70. The molecule has 0 spiro atoms. The zero-order valence-electron chi connectivity index (χ0n) is 17.0. The Balaban J connectivity index is 1.62. The Morgan fingerprint density at radius 1 is 1.10 bits per heavy atom. The molecule has 0 atom stereocenters. The number of sulfone groups is 1. The molecule has 1 N–H and O–H groups in total. The highest BCUT2D eigenvalue weighted by Gasteiger charge is 2.12. The minimum atomic E-state index is -3.20. The lowest BCUT2D eigenvalue weighted by atomic mass is 10.2. The number of amides is 1. The van der Waals surface area contributed by atoms with Crippen LogP contribution in [0.3, 0.4) is 0 Å². The number of nitrogens with zero attached hydrogens (tertiary/aromatic N) is 1. The minimum absolute atomic E-state index is 0.0118. The van der Waals surface area contributed by atoms with Crippen molar-refractivity contribution in [2.24, 2.45) is 0 Å². The standard InChI is InChI=1S/C22H26N2O5S/c1-28-21-15-19(16-23)10-11-20(21)29-13-5-9-22(25)24-12-6-14-30(26,27)17-18-7-3-2-4-8-18/h2-4,7-8,10-11,15H,5-6,9,12-14,17H2,1H3,(H,24,25). The van der Waals surface area contributed by atoms with Crippen LogP contribution in [0.1, 0.15) is 30.4 Å². The summed E-state index contributed by atoms with van der Waals surface area (Å²) in [5.41, 5.74) is 1.24. The molecule has 0 aromatic heterocycles. The third kappa shape index (κ3) is 8.13. The van der Waals surface area contributed by atoms with Gasteiger partial charge in [0.25, 0.3) is 0 Å². The monoisotopic (exact) mass is 430 g/mol. The van der Waals surface area contributed by atoms with E-state index in [4.69, 9.17) is 14.7 Å². The van der Waals surface area contributed by atoms with E-state index < -0.39 is 9.84 Å². The van der Waals surface area contributed by atoms with Crippen LogP contribution in [-0.2, 0) is 20.4 Å². The molecule has 2 rings (SSSR count). The van der Waals surface area contributed by atoms with Crippen LogP contribution in [0.25, 0.3) is 0 Å². The quantitative estimate of drug-likeness (QED) is 0.519. The highest BCUT2D eigenvalue weighted by molar-refractivity contribution is 7.90. The van der Waals surface area contributed by atoms with Crippen LogP contribution in [0.5, 0.6) is 11.5 Å². The maximum Gasteiger partial charge on any atom is 0.220 e. The first kappa shape index (κ1) is 23.2. The Morgan fingerprint density at radius 2 is 1.87 bits per heavy atom. The van der Waals surface area contributed by atoms with Gasteiger partial charge in [0, 0.05) is 19.0 Å². The first-order chi connectivity index (χ1) is 14.4. The maximum atomic E-state index is 12.1. The van der Waals surface area contributed by atoms with Gasteiger partial charge < -0.3 is 14.8 Å². The molecule has 0 heterocycles. The molecular formula is C22H26N2O5S. The Morgan fingerprint density at radius 3 is 2.57 bits per heavy atom. The molecule has 160 valence electrons. The van der Waals surface area contributed by atoms with Gasteiger partial charge in [0.15, 0.2) is 21.3 Å². The molecule has 0 aliphatic rings. The third-order valence-electron chi connectivity index (χ3n) is 4.28. The van der Waals surface area contributed by atoms with E-state index in [1.807, 2.05) is 24.3 Å². The number of methoxy groups -OCH3 is 1. The number of benzene rings is 2. The average molecular weight is 431 g/mol. The lowest BCUT2D eigenvalue weighted by Gasteiger charge is -2.11. The number of carbonyl (C=O) groups is 1. The zero-order chi connectivity index (χ0) is 21.8. The molecule has 30 heavy (non-hydrogen) atoms. The van der Waals surface area contributed by atoms with E-state index in [2.05, 4.69) is 5.32 Å². The maximum absolute atomic E-state index is 12.1. The van der Waals surface area contributed by atoms with Gasteiger partial charge >= 0.3 is 0 Å². The lowest BCUT2D eigenvalue weighted by Crippen LogP contribution is -2.26. The van der Waals surface area contributed by atoms with E-state index in [0.717, 1.165) is 5.56 Å². The van der Waals surface area contributed by atoms with E-state index in [9.17, 15) is 13.2 Å². The van der Waals surface area contributed by atoms with Crippen molar-refractivity contribution in [1.29, 1.82) is 5.26 Å². The molecule has 8 heteroatoms. The van der Waals surface area contributed by atoms with Gasteiger partial charge in [-0.25, -0.2) is 8.42 Å². The second-order valence-corrected chi connectivity index (χ2v) is 8.89. The number of hydrogen-bond acceptors (Lipinski definition) is 6. The summed E-state index contributed by atoms with van der Waals surface area (Å²) in [5.74, 6) is 0.878. The molecular weight excluding hydrogens is 404 g/mol. The predicted octanol–water partition coefficient (Wildman–Crippen LogP) is 2.85. The molecule has 0 radical (unpaired) electrons. The first-order valence-corrected chi connectivity index (χ1v) is 11.5. The minimum Gasteiger partial charge on any atom is -0.493 e. The van der Waals surface area contributed by atoms with Crippen molar-refractivity contribution in [2.45, 2.75) is 25.0 Å². The SMILES string of the molecule is COc1cc(C#N)ccc1OCCCC(=O)NCCCS(=O)(=O)Cc1ccccc1. The van der Waals surface area contributed by atoms with E-state index >= 15 is 0 Å². The Labute approximate surface area is 177 Å². The number of carbonyl (C=O) groups excluding carboxylic acids is 1. The summed E-state index contributed by atoms with van der Waals surface area (Å²) >= 11 is 0. The average Bonchev–Trinajstić information content (AvgIpc) is 2.74. The molecule has 0 aliphatic heterocycles. The summed E-state index contributed by atoms with van der Waals surface area (Å²) in [6.07, 6.45) is 1.15. The van der Waals surface area contributed by atoms with Crippen LogP contribution in [0.15, 0.2) is 48.5 Å². The van der Waals surface area contributed by atoms with Crippen molar-refractivity contribution in [3.8, 4) is 17.6 Å². The fraction of sp³-hybridized carbons (Fsp3) is 0.364. The van der Waals surface area contributed by atoms with Crippen molar-refractivity contribution in [2.75, 3.05) is 26.0 Å². The number of hydrogen-bond donors (Lipinski definition) is 1. The van der Waals surface area contributed by atoms with E-state index in [0.29, 0.717) is 43.1 Å². The van der Waals surface area contributed by atoms with Gasteiger partial charge in [-0.05, 0) is 30.5 Å². The van der Waals surface area contributed by atoms with Crippen LogP contribution < -0.4 is 14.8 Å². The van der Waals surface area contributed by atoms with E-state index in [-0.39, 0.29) is 23.8 Å². The van der Waals surface area contributed by atoms with Crippen molar-refractivity contribution in [3.63, 3.8) is 0 Å². The fourth-order valence-electron chi connectivity index (χ4n) is 2.78. The third-order valence-corrected chi connectivity index (χ3v) is 5.97. The van der Waals surface area contributed by atoms with Gasteiger partial charge in [-0.3, -0.25) is 4.79 Å². The van der Waals surface area contributed by atoms with E-state index in [1.54, 1.807) is 30.3 Å². The number of rotatable bonds is 12. The second kappa shape index (κ2) is 11.8. The van der Waals surface area contributed by atoms with Crippen molar-refractivity contribution in [1.82, 2.24) is 5.32 Å². The molecule has 0 aliphatic carbocycles. The number of nitriles is 1. The van der Waals surface area contributed by atoms with Crippen molar-refractivity contribution < 1.29 is 22.7 Å². The second-order valence-electron chi connectivity index (χ2n) is 6.71. The van der Waals surface area contributed by atoms with Crippen molar-refractivity contribution in [3.05, 3.63) is 59.7 Å². The summed E-state index contributed by atoms with van der Waals surface area (Å²) in [6, 6.07) is 16.0. The molecule has 0 saturated carbocycles. The van der Waals surface area contributed by atoms with Gasteiger partial charge in [-0.2, -0.15) is 5.26 Å². The van der Waals surface area contributed by atoms with Crippen LogP contribution in [0.4, 0.5) is 0 Å². The smallest absolute Gasteiger partial charge is 0.220 e. The van der Waals surface area contributed by atoms with Gasteiger partial charge in [-0.15, -0.1) is 0 Å². The number of nitrogens with one attached hydrogen (secondary N) is 1. The van der Waals surface area contributed by atoms with Crippen LogP contribution in [0.2, 0.25) is 0 Å². The van der Waals surface area contributed by atoms with Gasteiger partial charge in [0.05, 0.1) is 36.9 Å². The molecule has 0 unspecified atom stereocenters. The number of ether oxygens (including phenoxy) is 2. The highest BCUT2D eigenvalue weighted by Crippen LogP contribution is 2.27. The summed E-state index contributed by atoms with van der Waals surface area (Å²) in [4.78, 5) is 11.9. The molecule has 0 fully saturated rings. The molecule has 0 saturated heterocycles. The summed E-state index contributed by atoms with van der Waals surface area (Å²) < 4.78 is 35.1. The molecule has 1 amide bonds. The summed E-state index contributed by atoms with van der Waals surface area (Å²) in [5, 5.41) is 11.6. The lowest BCUT2D eigenvalue weighted by molar-refractivity contribution is -0.121. The Bertz CT molecular complexity index is 969. The van der Waals surface area contributed by atoms with Gasteiger partial charge in [0.1, 0.15) is 0 Å². The van der Waals surface area contributed by atoms with Crippen LogP contribution >= 0.6 is 0 Å².